The second-order valence-corrected chi connectivity index (χ2v) is 7.40. The standard InChI is InChI=1S/C19H22N2O2/c1-18(2)10-14(5-7-16(18)22-12-20)9-15-6-8-17(23-13-21)19(3,4)11-15/h5-8H,9-11H2,1-4H3. The minimum Gasteiger partial charge on any atom is -0.392 e. The van der Waals surface area contributed by atoms with E-state index in [0.717, 1.165) is 19.3 Å². The summed E-state index contributed by atoms with van der Waals surface area (Å²) in [7, 11) is 0. The van der Waals surface area contributed by atoms with E-state index in [0.29, 0.717) is 11.5 Å². The maximum absolute atomic E-state index is 8.72. The topological polar surface area (TPSA) is 66.0 Å². The van der Waals surface area contributed by atoms with Gasteiger partial charge in [0.15, 0.2) is 0 Å². The second kappa shape index (κ2) is 6.34. The van der Waals surface area contributed by atoms with Gasteiger partial charge in [-0.1, -0.05) is 51.0 Å². The van der Waals surface area contributed by atoms with Crippen LogP contribution in [0.15, 0.2) is 47.0 Å². The number of hydrogen-bond donors (Lipinski definition) is 0. The van der Waals surface area contributed by atoms with Crippen molar-refractivity contribution in [2.75, 3.05) is 0 Å². The molecule has 2 aliphatic carbocycles. The van der Waals surface area contributed by atoms with Crippen molar-refractivity contribution in [2.24, 2.45) is 10.8 Å². The molecule has 0 unspecified atom stereocenters. The van der Waals surface area contributed by atoms with Gasteiger partial charge in [0.05, 0.1) is 0 Å². The number of rotatable bonds is 4. The highest BCUT2D eigenvalue weighted by Gasteiger charge is 2.32. The van der Waals surface area contributed by atoms with Gasteiger partial charge in [0.25, 0.3) is 12.5 Å². The van der Waals surface area contributed by atoms with Crippen molar-refractivity contribution in [1.82, 2.24) is 0 Å². The third-order valence-corrected chi connectivity index (χ3v) is 4.38. The summed E-state index contributed by atoms with van der Waals surface area (Å²) in [4.78, 5) is 0. The van der Waals surface area contributed by atoms with Gasteiger partial charge in [0.2, 0.25) is 0 Å². The third kappa shape index (κ3) is 3.85. The molecule has 0 heterocycles. The summed E-state index contributed by atoms with van der Waals surface area (Å²) in [5, 5.41) is 17.4. The van der Waals surface area contributed by atoms with E-state index in [1.807, 2.05) is 12.2 Å². The normalized spacial score (nSPS) is 21.7. The van der Waals surface area contributed by atoms with Crippen LogP contribution in [0.2, 0.25) is 0 Å². The fraction of sp³-hybridized carbons (Fsp3) is 0.474. The average Bonchev–Trinajstić information content (AvgIpc) is 2.44. The highest BCUT2D eigenvalue weighted by atomic mass is 16.5. The predicted molar refractivity (Wildman–Crippen MR) is 87.1 cm³/mol. The minimum atomic E-state index is -0.171. The SMILES string of the molecule is CC1(C)CC(CC2=CC=C(OC#N)C(C)(C)C2)=CC=C1OC#N. The summed E-state index contributed by atoms with van der Waals surface area (Å²) in [5.41, 5.74) is 2.30. The molecule has 0 aromatic heterocycles. The van der Waals surface area contributed by atoms with Crippen LogP contribution in [0.1, 0.15) is 47.0 Å². The Bertz CT molecular complexity index is 632. The molecule has 0 spiro atoms. The van der Waals surface area contributed by atoms with Gasteiger partial charge < -0.3 is 9.47 Å². The predicted octanol–water partition coefficient (Wildman–Crippen LogP) is 4.85. The van der Waals surface area contributed by atoms with Crippen molar-refractivity contribution < 1.29 is 9.47 Å². The monoisotopic (exact) mass is 310 g/mol. The van der Waals surface area contributed by atoms with Crippen LogP contribution in [0.25, 0.3) is 0 Å². The van der Waals surface area contributed by atoms with Crippen molar-refractivity contribution in [3.63, 3.8) is 0 Å². The van der Waals surface area contributed by atoms with E-state index < -0.39 is 0 Å². The molecule has 2 aliphatic rings. The largest absolute Gasteiger partial charge is 0.392 e. The molecule has 0 amide bonds. The zero-order chi connectivity index (χ0) is 17.1. The Morgan fingerprint density at radius 2 is 1.22 bits per heavy atom. The van der Waals surface area contributed by atoms with Crippen LogP contribution < -0.4 is 0 Å². The number of allylic oxidation sites excluding steroid dienone is 8. The van der Waals surface area contributed by atoms with Crippen molar-refractivity contribution in [3.05, 3.63) is 47.0 Å². The summed E-state index contributed by atoms with van der Waals surface area (Å²) in [5.74, 6) is 1.43. The van der Waals surface area contributed by atoms with Gasteiger partial charge in [0.1, 0.15) is 11.5 Å². The average molecular weight is 310 g/mol. The lowest BCUT2D eigenvalue weighted by molar-refractivity contribution is 0.233. The maximum Gasteiger partial charge on any atom is 0.291 e. The summed E-state index contributed by atoms with van der Waals surface area (Å²) in [6, 6.07) is 0. The fourth-order valence-corrected chi connectivity index (χ4v) is 3.24. The zero-order valence-electron chi connectivity index (χ0n) is 14.1. The first-order valence-corrected chi connectivity index (χ1v) is 7.71. The van der Waals surface area contributed by atoms with Gasteiger partial charge in [-0.05, 0) is 31.4 Å². The Hall–Kier alpha value is -2.46. The summed E-state index contributed by atoms with van der Waals surface area (Å²) < 4.78 is 10.1. The molecular weight excluding hydrogens is 288 g/mol. The summed E-state index contributed by atoms with van der Waals surface area (Å²) in [6.45, 7) is 8.34. The third-order valence-electron chi connectivity index (χ3n) is 4.38. The molecule has 0 atom stereocenters. The first kappa shape index (κ1) is 16.9. The van der Waals surface area contributed by atoms with Gasteiger partial charge in [-0.3, -0.25) is 0 Å². The van der Waals surface area contributed by atoms with E-state index >= 15 is 0 Å². The van der Waals surface area contributed by atoms with Gasteiger partial charge in [-0.25, -0.2) is 0 Å². The summed E-state index contributed by atoms with van der Waals surface area (Å²) >= 11 is 0. The number of nitriles is 2. The molecule has 0 N–H and O–H groups in total. The van der Waals surface area contributed by atoms with Crippen molar-refractivity contribution in [1.29, 1.82) is 10.5 Å². The highest BCUT2D eigenvalue weighted by Crippen LogP contribution is 2.43. The van der Waals surface area contributed by atoms with Crippen LogP contribution in [-0.4, -0.2) is 0 Å². The maximum atomic E-state index is 8.72. The highest BCUT2D eigenvalue weighted by molar-refractivity contribution is 5.34. The van der Waals surface area contributed by atoms with Crippen molar-refractivity contribution >= 4 is 0 Å². The van der Waals surface area contributed by atoms with Crippen LogP contribution in [0.4, 0.5) is 0 Å². The van der Waals surface area contributed by atoms with Crippen molar-refractivity contribution in [3.8, 4) is 12.5 Å². The molecule has 4 nitrogen and oxygen atoms in total. The summed E-state index contributed by atoms with van der Waals surface area (Å²) in [6.07, 6.45) is 14.0. The Kier molecular flexibility index (Phi) is 4.66. The van der Waals surface area contributed by atoms with Gasteiger partial charge in [-0.15, -0.1) is 10.5 Å². The van der Waals surface area contributed by atoms with Crippen LogP contribution >= 0.6 is 0 Å². The molecule has 2 rings (SSSR count). The lowest BCUT2D eigenvalue weighted by atomic mass is 9.75. The van der Waals surface area contributed by atoms with Gasteiger partial charge in [-0.2, -0.15) is 0 Å². The number of ether oxygens (including phenoxy) is 2. The minimum absolute atomic E-state index is 0.171. The van der Waals surface area contributed by atoms with E-state index in [-0.39, 0.29) is 10.8 Å². The van der Waals surface area contributed by atoms with E-state index in [9.17, 15) is 0 Å². The first-order valence-electron chi connectivity index (χ1n) is 7.71. The number of nitrogens with zero attached hydrogens (tertiary/aromatic N) is 2. The van der Waals surface area contributed by atoms with Crippen molar-refractivity contribution in [2.45, 2.75) is 47.0 Å². The lowest BCUT2D eigenvalue weighted by Gasteiger charge is -2.32. The van der Waals surface area contributed by atoms with Gasteiger partial charge >= 0.3 is 0 Å². The van der Waals surface area contributed by atoms with Crippen LogP contribution in [0.3, 0.4) is 0 Å². The van der Waals surface area contributed by atoms with Crippen LogP contribution in [0.5, 0.6) is 0 Å². The zero-order valence-corrected chi connectivity index (χ0v) is 14.1. The van der Waals surface area contributed by atoms with Crippen LogP contribution in [0, 0.1) is 33.9 Å². The molecule has 0 saturated heterocycles. The van der Waals surface area contributed by atoms with E-state index in [1.165, 1.54) is 11.1 Å². The first-order chi connectivity index (χ1) is 10.8. The van der Waals surface area contributed by atoms with Gasteiger partial charge in [0, 0.05) is 10.8 Å². The number of hydrogen-bond acceptors (Lipinski definition) is 4. The molecule has 23 heavy (non-hydrogen) atoms. The Morgan fingerprint density at radius 1 is 0.826 bits per heavy atom. The van der Waals surface area contributed by atoms with E-state index in [2.05, 4.69) is 39.8 Å². The molecule has 4 heteroatoms. The molecule has 0 bridgehead atoms. The molecular formula is C19H22N2O2. The fourth-order valence-electron chi connectivity index (χ4n) is 3.24. The Labute approximate surface area is 138 Å². The smallest absolute Gasteiger partial charge is 0.291 e. The second-order valence-electron chi connectivity index (χ2n) is 7.40. The Balaban J connectivity index is 2.15. The molecule has 0 fully saturated rings. The molecule has 0 aliphatic heterocycles. The molecule has 120 valence electrons. The van der Waals surface area contributed by atoms with E-state index in [1.54, 1.807) is 12.5 Å². The lowest BCUT2D eigenvalue weighted by Crippen LogP contribution is -2.22. The Morgan fingerprint density at radius 3 is 1.52 bits per heavy atom. The molecule has 0 aromatic rings. The van der Waals surface area contributed by atoms with E-state index in [4.69, 9.17) is 20.0 Å². The van der Waals surface area contributed by atoms with Crippen LogP contribution in [-0.2, 0) is 9.47 Å². The quantitative estimate of drug-likeness (QED) is 0.696. The molecule has 0 radical (unpaired) electrons. The molecule has 0 saturated carbocycles. The molecule has 0 aromatic carbocycles.